The van der Waals surface area contributed by atoms with Crippen LogP contribution < -0.4 is 5.73 Å². The summed E-state index contributed by atoms with van der Waals surface area (Å²) in [5.41, 5.74) is 6.73. The number of hydrogen-bond donors (Lipinski definition) is 1. The van der Waals surface area contributed by atoms with E-state index in [4.69, 9.17) is 5.73 Å². The van der Waals surface area contributed by atoms with E-state index in [2.05, 4.69) is 29.8 Å². The molecule has 1 aromatic carbocycles. The van der Waals surface area contributed by atoms with Crippen molar-refractivity contribution in [2.24, 2.45) is 11.1 Å². The molecule has 0 aromatic heterocycles. The fourth-order valence-electron chi connectivity index (χ4n) is 2.27. The molecule has 0 aliphatic heterocycles. The van der Waals surface area contributed by atoms with E-state index >= 15 is 0 Å². The van der Waals surface area contributed by atoms with Crippen LogP contribution in [0.3, 0.4) is 0 Å². The summed E-state index contributed by atoms with van der Waals surface area (Å²) in [6.45, 7) is 4.21. The third kappa shape index (κ3) is 1.72. The zero-order valence-corrected chi connectivity index (χ0v) is 10.5. The fraction of sp³-hybridized carbons (Fsp3) is 0.500. The molecule has 0 saturated heterocycles. The Morgan fingerprint density at radius 1 is 1.47 bits per heavy atom. The number of hydrogen-bond acceptors (Lipinski definition) is 1. The van der Waals surface area contributed by atoms with Gasteiger partial charge in [-0.1, -0.05) is 29.8 Å². The molecule has 2 rings (SSSR count). The largest absolute Gasteiger partial charge is 0.327 e. The smallest absolute Gasteiger partial charge is 0.126 e. The number of nitrogens with two attached hydrogens (primary N) is 1. The molecule has 0 heterocycles. The minimum atomic E-state index is -0.122. The molecule has 1 nitrogen and oxygen atoms in total. The van der Waals surface area contributed by atoms with Gasteiger partial charge in [-0.2, -0.15) is 0 Å². The molecule has 15 heavy (non-hydrogen) atoms. The normalized spacial score (nSPS) is 28.6. The summed E-state index contributed by atoms with van der Waals surface area (Å²) >= 11 is 3.37. The zero-order valence-electron chi connectivity index (χ0n) is 8.93. The highest BCUT2D eigenvalue weighted by atomic mass is 79.9. The number of halogens is 2. The lowest BCUT2D eigenvalue weighted by Crippen LogP contribution is -2.53. The van der Waals surface area contributed by atoms with Crippen molar-refractivity contribution in [1.29, 1.82) is 0 Å². The van der Waals surface area contributed by atoms with Gasteiger partial charge in [0.05, 0.1) is 0 Å². The average Bonchev–Trinajstić information content (AvgIpc) is 2.18. The predicted molar refractivity (Wildman–Crippen MR) is 63.2 cm³/mol. The van der Waals surface area contributed by atoms with E-state index in [0.29, 0.717) is 0 Å². The summed E-state index contributed by atoms with van der Waals surface area (Å²) in [5.74, 6) is 0.119. The summed E-state index contributed by atoms with van der Waals surface area (Å²) in [4.78, 5) is 0. The molecular weight excluding hydrogens is 257 g/mol. The number of rotatable bonds is 1. The number of benzene rings is 1. The van der Waals surface area contributed by atoms with Crippen LogP contribution in [0.5, 0.6) is 0 Å². The summed E-state index contributed by atoms with van der Waals surface area (Å²) in [6, 6.07) is 5.29. The summed E-state index contributed by atoms with van der Waals surface area (Å²) in [6.07, 6.45) is 0.875. The quantitative estimate of drug-likeness (QED) is 0.832. The molecule has 2 N–H and O–H groups in total. The molecule has 1 aromatic rings. The SMILES string of the molecule is CC1(C)C(N)CC1c1cc(Br)ccc1F. The molecule has 2 unspecified atom stereocenters. The molecule has 1 fully saturated rings. The van der Waals surface area contributed by atoms with Crippen LogP contribution in [-0.2, 0) is 0 Å². The first-order valence-corrected chi connectivity index (χ1v) is 5.92. The highest BCUT2D eigenvalue weighted by Gasteiger charge is 2.47. The highest BCUT2D eigenvalue weighted by molar-refractivity contribution is 9.10. The Balaban J connectivity index is 2.35. The van der Waals surface area contributed by atoms with Crippen LogP contribution in [0.4, 0.5) is 4.39 Å². The van der Waals surface area contributed by atoms with E-state index in [1.54, 1.807) is 6.07 Å². The van der Waals surface area contributed by atoms with Gasteiger partial charge < -0.3 is 5.73 Å². The first kappa shape index (κ1) is 11.1. The minimum absolute atomic E-state index is 0.00162. The maximum Gasteiger partial charge on any atom is 0.126 e. The van der Waals surface area contributed by atoms with Gasteiger partial charge in [-0.25, -0.2) is 4.39 Å². The second-order valence-corrected chi connectivity index (χ2v) is 5.80. The van der Waals surface area contributed by atoms with Crippen molar-refractivity contribution in [1.82, 2.24) is 0 Å². The van der Waals surface area contributed by atoms with Crippen LogP contribution in [0.2, 0.25) is 0 Å². The second kappa shape index (κ2) is 3.56. The van der Waals surface area contributed by atoms with Crippen LogP contribution in [0.1, 0.15) is 31.7 Å². The lowest BCUT2D eigenvalue weighted by atomic mass is 9.56. The van der Waals surface area contributed by atoms with Crippen molar-refractivity contribution in [3.8, 4) is 0 Å². The Hall–Kier alpha value is -0.410. The van der Waals surface area contributed by atoms with E-state index in [1.807, 2.05) is 6.07 Å². The molecule has 82 valence electrons. The predicted octanol–water partition coefficient (Wildman–Crippen LogP) is 3.43. The van der Waals surface area contributed by atoms with Crippen molar-refractivity contribution < 1.29 is 4.39 Å². The van der Waals surface area contributed by atoms with E-state index in [-0.39, 0.29) is 23.2 Å². The van der Waals surface area contributed by atoms with Crippen LogP contribution in [0, 0.1) is 11.2 Å². The van der Waals surface area contributed by atoms with E-state index in [1.165, 1.54) is 6.07 Å². The molecule has 2 atom stereocenters. The summed E-state index contributed by atoms with van der Waals surface area (Å²) in [5, 5.41) is 0. The van der Waals surface area contributed by atoms with Gasteiger partial charge in [0, 0.05) is 10.5 Å². The molecule has 0 amide bonds. The Morgan fingerprint density at radius 2 is 2.13 bits per heavy atom. The van der Waals surface area contributed by atoms with Gasteiger partial charge in [-0.05, 0) is 41.5 Å². The lowest BCUT2D eigenvalue weighted by Gasteiger charge is -2.50. The topological polar surface area (TPSA) is 26.0 Å². The Kier molecular flexibility index (Phi) is 2.63. The standard InChI is InChI=1S/C12H15BrFN/c1-12(2)9(6-11(12)15)8-5-7(13)3-4-10(8)14/h3-5,9,11H,6,15H2,1-2H3. The molecule has 3 heteroatoms. The third-order valence-electron chi connectivity index (χ3n) is 3.68. The maximum absolute atomic E-state index is 13.6. The minimum Gasteiger partial charge on any atom is -0.327 e. The first-order chi connectivity index (χ1) is 6.93. The molecule has 0 bridgehead atoms. The Morgan fingerprint density at radius 3 is 2.67 bits per heavy atom. The van der Waals surface area contributed by atoms with Crippen molar-refractivity contribution in [2.75, 3.05) is 0 Å². The van der Waals surface area contributed by atoms with Gasteiger partial charge in [-0.15, -0.1) is 0 Å². The second-order valence-electron chi connectivity index (χ2n) is 4.88. The van der Waals surface area contributed by atoms with E-state index in [9.17, 15) is 4.39 Å². The van der Waals surface area contributed by atoms with Crippen molar-refractivity contribution in [2.45, 2.75) is 32.2 Å². The monoisotopic (exact) mass is 271 g/mol. The van der Waals surface area contributed by atoms with Gasteiger partial charge in [0.25, 0.3) is 0 Å². The van der Waals surface area contributed by atoms with Gasteiger partial charge in [0.1, 0.15) is 5.82 Å². The van der Waals surface area contributed by atoms with Gasteiger partial charge >= 0.3 is 0 Å². The molecule has 0 spiro atoms. The van der Waals surface area contributed by atoms with Gasteiger partial charge in [0.15, 0.2) is 0 Å². The molecular formula is C12H15BrFN. The zero-order chi connectivity index (χ0) is 11.2. The maximum atomic E-state index is 13.6. The first-order valence-electron chi connectivity index (χ1n) is 5.13. The third-order valence-corrected chi connectivity index (χ3v) is 4.17. The van der Waals surface area contributed by atoms with Crippen LogP contribution >= 0.6 is 15.9 Å². The van der Waals surface area contributed by atoms with Gasteiger partial charge in [0.2, 0.25) is 0 Å². The Labute approximate surface area is 98.0 Å². The fourth-order valence-corrected chi connectivity index (χ4v) is 2.65. The molecule has 1 aliphatic rings. The van der Waals surface area contributed by atoms with Crippen molar-refractivity contribution in [3.05, 3.63) is 34.1 Å². The van der Waals surface area contributed by atoms with E-state index in [0.717, 1.165) is 16.5 Å². The molecule has 1 aliphatic carbocycles. The summed E-state index contributed by atoms with van der Waals surface area (Å²) < 4.78 is 14.6. The van der Waals surface area contributed by atoms with Crippen LogP contribution in [0.15, 0.2) is 22.7 Å². The van der Waals surface area contributed by atoms with Crippen molar-refractivity contribution in [3.63, 3.8) is 0 Å². The average molecular weight is 272 g/mol. The highest BCUT2D eigenvalue weighted by Crippen LogP contribution is 2.52. The Bertz CT molecular complexity index is 389. The van der Waals surface area contributed by atoms with Crippen LogP contribution in [-0.4, -0.2) is 6.04 Å². The lowest BCUT2D eigenvalue weighted by molar-refractivity contribution is 0.0956. The van der Waals surface area contributed by atoms with Gasteiger partial charge in [-0.3, -0.25) is 0 Å². The molecule has 1 saturated carbocycles. The molecule has 0 radical (unpaired) electrons. The summed E-state index contributed by atoms with van der Waals surface area (Å²) in [7, 11) is 0. The van der Waals surface area contributed by atoms with E-state index < -0.39 is 0 Å². The van der Waals surface area contributed by atoms with Crippen LogP contribution in [0.25, 0.3) is 0 Å². The van der Waals surface area contributed by atoms with Crippen molar-refractivity contribution >= 4 is 15.9 Å².